The van der Waals surface area contributed by atoms with Gasteiger partial charge in [0.15, 0.2) is 0 Å². The summed E-state index contributed by atoms with van der Waals surface area (Å²) in [7, 11) is 2.05. The molecule has 0 aromatic rings. The predicted molar refractivity (Wildman–Crippen MR) is 71.3 cm³/mol. The first-order valence-corrected chi connectivity index (χ1v) is 6.41. The number of aliphatic carboxylic acids is 1. The average Bonchev–Trinajstić information content (AvgIpc) is 2.16. The van der Waals surface area contributed by atoms with Gasteiger partial charge in [-0.25, -0.2) is 0 Å². The minimum absolute atomic E-state index is 0.248. The van der Waals surface area contributed by atoms with E-state index < -0.39 is 11.5 Å². The zero-order valence-corrected chi connectivity index (χ0v) is 12.1. The third-order valence-corrected chi connectivity index (χ3v) is 3.15. The van der Waals surface area contributed by atoms with E-state index in [1.165, 1.54) is 0 Å². The summed E-state index contributed by atoms with van der Waals surface area (Å²) in [6.07, 6.45) is 0.611. The van der Waals surface area contributed by atoms with Gasteiger partial charge in [-0.1, -0.05) is 20.8 Å². The van der Waals surface area contributed by atoms with E-state index in [-0.39, 0.29) is 6.04 Å². The van der Waals surface area contributed by atoms with E-state index in [1.807, 2.05) is 6.92 Å². The van der Waals surface area contributed by atoms with E-state index in [1.54, 1.807) is 6.92 Å². The van der Waals surface area contributed by atoms with Crippen LogP contribution in [-0.2, 0) is 4.79 Å². The molecule has 4 nitrogen and oxygen atoms in total. The third-order valence-electron chi connectivity index (χ3n) is 3.15. The van der Waals surface area contributed by atoms with Gasteiger partial charge in [0, 0.05) is 12.6 Å². The van der Waals surface area contributed by atoms with Crippen LogP contribution < -0.4 is 5.32 Å². The van der Waals surface area contributed by atoms with Crippen LogP contribution >= 0.6 is 0 Å². The van der Waals surface area contributed by atoms with Crippen molar-refractivity contribution >= 4 is 5.97 Å². The van der Waals surface area contributed by atoms with E-state index in [4.69, 9.17) is 0 Å². The van der Waals surface area contributed by atoms with Crippen molar-refractivity contribution in [3.8, 4) is 0 Å². The van der Waals surface area contributed by atoms with E-state index in [9.17, 15) is 9.90 Å². The lowest BCUT2D eigenvalue weighted by Gasteiger charge is -2.34. The Hall–Kier alpha value is -0.610. The number of carboxylic acid groups (broad SMARTS) is 1. The van der Waals surface area contributed by atoms with Crippen molar-refractivity contribution in [2.24, 2.45) is 5.92 Å². The predicted octanol–water partition coefficient (Wildman–Crippen LogP) is 1.81. The van der Waals surface area contributed by atoms with Crippen molar-refractivity contribution in [2.75, 3.05) is 20.1 Å². The highest BCUT2D eigenvalue weighted by Crippen LogP contribution is 2.16. The van der Waals surface area contributed by atoms with E-state index in [2.05, 4.69) is 38.0 Å². The standard InChI is InChI=1S/C13H28N2O2/c1-7-14-13(5,12(16)17)8-11(4)15(6)9-10(2)3/h10-11,14H,7-9H2,1-6H3,(H,16,17). The number of carbonyl (C=O) groups is 1. The largest absolute Gasteiger partial charge is 0.480 e. The normalized spacial score (nSPS) is 17.2. The number of hydrogen-bond donors (Lipinski definition) is 2. The van der Waals surface area contributed by atoms with Crippen LogP contribution in [0.15, 0.2) is 0 Å². The first-order valence-electron chi connectivity index (χ1n) is 6.41. The van der Waals surface area contributed by atoms with Crippen LogP contribution in [0.2, 0.25) is 0 Å². The Balaban J connectivity index is 4.50. The summed E-state index contributed by atoms with van der Waals surface area (Å²) in [5.74, 6) is -0.179. The van der Waals surface area contributed by atoms with Crippen molar-refractivity contribution in [1.29, 1.82) is 0 Å². The molecule has 0 bridgehead atoms. The number of nitrogens with zero attached hydrogens (tertiary/aromatic N) is 1. The van der Waals surface area contributed by atoms with Gasteiger partial charge in [0.05, 0.1) is 0 Å². The average molecular weight is 244 g/mol. The fraction of sp³-hybridized carbons (Fsp3) is 0.923. The van der Waals surface area contributed by atoms with Crippen LogP contribution in [0.3, 0.4) is 0 Å². The lowest BCUT2D eigenvalue weighted by molar-refractivity contribution is -0.145. The molecule has 2 N–H and O–H groups in total. The van der Waals surface area contributed by atoms with Crippen molar-refractivity contribution < 1.29 is 9.90 Å². The van der Waals surface area contributed by atoms with Gasteiger partial charge in [-0.3, -0.25) is 4.79 Å². The Morgan fingerprint density at radius 2 is 1.94 bits per heavy atom. The zero-order chi connectivity index (χ0) is 13.6. The number of likely N-dealkylation sites (N-methyl/N-ethyl adjacent to an activating group) is 1. The maximum absolute atomic E-state index is 11.3. The molecule has 0 fully saturated rings. The van der Waals surface area contributed by atoms with Gasteiger partial charge in [-0.2, -0.15) is 0 Å². The third kappa shape index (κ3) is 5.50. The topological polar surface area (TPSA) is 52.6 Å². The summed E-state index contributed by atoms with van der Waals surface area (Å²) >= 11 is 0. The molecule has 0 aromatic heterocycles. The summed E-state index contributed by atoms with van der Waals surface area (Å²) in [6.45, 7) is 11.8. The zero-order valence-electron chi connectivity index (χ0n) is 12.1. The molecule has 0 aliphatic rings. The molecule has 0 heterocycles. The van der Waals surface area contributed by atoms with Crippen LogP contribution in [0, 0.1) is 5.92 Å². The highest BCUT2D eigenvalue weighted by Gasteiger charge is 2.34. The Kier molecular flexibility index (Phi) is 6.72. The van der Waals surface area contributed by atoms with Crippen LogP contribution in [0.25, 0.3) is 0 Å². The van der Waals surface area contributed by atoms with Gasteiger partial charge in [-0.15, -0.1) is 0 Å². The second-order valence-electron chi connectivity index (χ2n) is 5.55. The smallest absolute Gasteiger partial charge is 0.323 e. The molecular weight excluding hydrogens is 216 g/mol. The highest BCUT2D eigenvalue weighted by molar-refractivity contribution is 5.78. The van der Waals surface area contributed by atoms with Gasteiger partial charge >= 0.3 is 5.97 Å². The van der Waals surface area contributed by atoms with Gasteiger partial charge in [0.2, 0.25) is 0 Å². The molecule has 2 atom stereocenters. The monoisotopic (exact) mass is 244 g/mol. The minimum Gasteiger partial charge on any atom is -0.480 e. The molecule has 2 unspecified atom stereocenters. The summed E-state index contributed by atoms with van der Waals surface area (Å²) in [5, 5.41) is 12.4. The summed E-state index contributed by atoms with van der Waals surface area (Å²) in [6, 6.07) is 0.248. The van der Waals surface area contributed by atoms with Crippen molar-refractivity contribution in [2.45, 2.75) is 52.6 Å². The Bertz CT molecular complexity index is 244. The first kappa shape index (κ1) is 16.4. The molecular formula is C13H28N2O2. The van der Waals surface area contributed by atoms with Crippen molar-refractivity contribution in [3.05, 3.63) is 0 Å². The fourth-order valence-corrected chi connectivity index (χ4v) is 2.13. The molecule has 4 heteroatoms. The van der Waals surface area contributed by atoms with Crippen molar-refractivity contribution in [1.82, 2.24) is 10.2 Å². The Morgan fingerprint density at radius 3 is 2.29 bits per heavy atom. The Labute approximate surface area is 105 Å². The second-order valence-corrected chi connectivity index (χ2v) is 5.55. The summed E-state index contributed by atoms with van der Waals surface area (Å²) < 4.78 is 0. The molecule has 0 saturated carbocycles. The lowest BCUT2D eigenvalue weighted by Crippen LogP contribution is -2.53. The van der Waals surface area contributed by atoms with Crippen LogP contribution in [0.4, 0.5) is 0 Å². The molecule has 0 aromatic carbocycles. The molecule has 0 aliphatic heterocycles. The minimum atomic E-state index is -0.834. The van der Waals surface area contributed by atoms with E-state index >= 15 is 0 Å². The van der Waals surface area contributed by atoms with Crippen LogP contribution in [0.1, 0.15) is 41.0 Å². The maximum Gasteiger partial charge on any atom is 0.323 e. The fourth-order valence-electron chi connectivity index (χ4n) is 2.13. The molecule has 102 valence electrons. The van der Waals surface area contributed by atoms with Crippen LogP contribution in [0.5, 0.6) is 0 Å². The molecule has 0 rings (SSSR count). The molecule has 17 heavy (non-hydrogen) atoms. The number of nitrogens with one attached hydrogen (secondary N) is 1. The Morgan fingerprint density at radius 1 is 1.41 bits per heavy atom. The van der Waals surface area contributed by atoms with Gasteiger partial charge in [0.1, 0.15) is 5.54 Å². The molecule has 0 saturated heterocycles. The second kappa shape index (κ2) is 6.97. The van der Waals surface area contributed by atoms with Crippen LogP contribution in [-0.4, -0.2) is 47.7 Å². The summed E-state index contributed by atoms with van der Waals surface area (Å²) in [5.41, 5.74) is -0.834. The first-order chi connectivity index (χ1) is 7.73. The van der Waals surface area contributed by atoms with E-state index in [0.29, 0.717) is 18.9 Å². The van der Waals surface area contributed by atoms with Crippen molar-refractivity contribution in [3.63, 3.8) is 0 Å². The van der Waals surface area contributed by atoms with Gasteiger partial charge < -0.3 is 15.3 Å². The summed E-state index contributed by atoms with van der Waals surface area (Å²) in [4.78, 5) is 13.5. The highest BCUT2D eigenvalue weighted by atomic mass is 16.4. The quantitative estimate of drug-likeness (QED) is 0.683. The van der Waals surface area contributed by atoms with Gasteiger partial charge in [0.25, 0.3) is 0 Å². The maximum atomic E-state index is 11.3. The lowest BCUT2D eigenvalue weighted by atomic mass is 9.92. The van der Waals surface area contributed by atoms with E-state index in [0.717, 1.165) is 6.54 Å². The molecule has 0 radical (unpaired) electrons. The number of hydrogen-bond acceptors (Lipinski definition) is 3. The molecule has 0 amide bonds. The SMILES string of the molecule is CCNC(C)(CC(C)N(C)CC(C)C)C(=O)O. The van der Waals surface area contributed by atoms with Gasteiger partial charge in [-0.05, 0) is 39.8 Å². The number of carboxylic acids is 1. The molecule has 0 aliphatic carbocycles. The number of rotatable bonds is 8. The molecule has 0 spiro atoms.